The van der Waals surface area contributed by atoms with Crippen LogP contribution in [0.2, 0.25) is 0 Å². The first-order valence-corrected chi connectivity index (χ1v) is 3.58. The van der Waals surface area contributed by atoms with E-state index in [2.05, 4.69) is 20.4 Å². The van der Waals surface area contributed by atoms with Crippen LogP contribution >= 0.6 is 0 Å². The van der Waals surface area contributed by atoms with Crippen molar-refractivity contribution in [2.75, 3.05) is 0 Å². The predicted octanol–water partition coefficient (Wildman–Crippen LogP) is 2.08. The zero-order valence-electron chi connectivity index (χ0n) is 6.48. The molecular formula is C8H17N. The standard InChI is InChI=1S/C8H17N/c1-4-7-8(9,5-2)6-3/h4H,1,5-7,9H2,2-3H3. The molecule has 0 fully saturated rings. The third-order valence-corrected chi connectivity index (χ3v) is 1.96. The molecule has 54 valence electrons. The molecule has 0 aromatic rings. The maximum absolute atomic E-state index is 5.94. The monoisotopic (exact) mass is 127 g/mol. The van der Waals surface area contributed by atoms with Gasteiger partial charge in [0.15, 0.2) is 0 Å². The number of hydrogen-bond donors (Lipinski definition) is 1. The third kappa shape index (κ3) is 2.66. The van der Waals surface area contributed by atoms with Crippen LogP contribution in [0, 0.1) is 0 Å². The Hall–Kier alpha value is -0.300. The van der Waals surface area contributed by atoms with Gasteiger partial charge in [-0.3, -0.25) is 0 Å². The van der Waals surface area contributed by atoms with Crippen molar-refractivity contribution in [1.29, 1.82) is 0 Å². The molecule has 0 aliphatic rings. The van der Waals surface area contributed by atoms with Crippen LogP contribution in [0.5, 0.6) is 0 Å². The minimum absolute atomic E-state index is 0.0156. The van der Waals surface area contributed by atoms with Crippen LogP contribution in [-0.4, -0.2) is 5.54 Å². The lowest BCUT2D eigenvalue weighted by Gasteiger charge is -2.24. The van der Waals surface area contributed by atoms with Gasteiger partial charge in [-0.1, -0.05) is 19.9 Å². The zero-order chi connectivity index (χ0) is 7.33. The molecule has 1 nitrogen and oxygen atoms in total. The van der Waals surface area contributed by atoms with Crippen LogP contribution in [0.25, 0.3) is 0 Å². The van der Waals surface area contributed by atoms with Crippen molar-refractivity contribution < 1.29 is 0 Å². The smallest absolute Gasteiger partial charge is 0.0183 e. The number of rotatable bonds is 4. The summed E-state index contributed by atoms with van der Waals surface area (Å²) in [4.78, 5) is 0. The summed E-state index contributed by atoms with van der Waals surface area (Å²) in [6.07, 6.45) is 4.90. The van der Waals surface area contributed by atoms with Gasteiger partial charge in [0.05, 0.1) is 0 Å². The van der Waals surface area contributed by atoms with Gasteiger partial charge >= 0.3 is 0 Å². The van der Waals surface area contributed by atoms with Crippen LogP contribution < -0.4 is 5.73 Å². The van der Waals surface area contributed by atoms with Crippen molar-refractivity contribution in [2.45, 2.75) is 38.6 Å². The van der Waals surface area contributed by atoms with E-state index in [9.17, 15) is 0 Å². The quantitative estimate of drug-likeness (QED) is 0.575. The molecule has 0 amide bonds. The van der Waals surface area contributed by atoms with E-state index in [4.69, 9.17) is 5.73 Å². The summed E-state index contributed by atoms with van der Waals surface area (Å²) in [6.45, 7) is 7.90. The van der Waals surface area contributed by atoms with Crippen molar-refractivity contribution in [1.82, 2.24) is 0 Å². The van der Waals surface area contributed by atoms with Gasteiger partial charge in [0.2, 0.25) is 0 Å². The fraction of sp³-hybridized carbons (Fsp3) is 0.750. The lowest BCUT2D eigenvalue weighted by Crippen LogP contribution is -2.37. The Morgan fingerprint density at radius 2 is 1.89 bits per heavy atom. The first-order valence-electron chi connectivity index (χ1n) is 3.58. The van der Waals surface area contributed by atoms with Gasteiger partial charge in [0, 0.05) is 5.54 Å². The van der Waals surface area contributed by atoms with Crippen molar-refractivity contribution in [3.8, 4) is 0 Å². The Kier molecular flexibility index (Phi) is 3.55. The van der Waals surface area contributed by atoms with E-state index < -0.39 is 0 Å². The minimum Gasteiger partial charge on any atom is -0.325 e. The fourth-order valence-corrected chi connectivity index (χ4v) is 0.826. The second-order valence-electron chi connectivity index (χ2n) is 2.56. The molecule has 9 heavy (non-hydrogen) atoms. The summed E-state index contributed by atoms with van der Waals surface area (Å²) >= 11 is 0. The van der Waals surface area contributed by atoms with Crippen LogP contribution in [0.4, 0.5) is 0 Å². The molecule has 0 aromatic heterocycles. The van der Waals surface area contributed by atoms with Gasteiger partial charge in [-0.15, -0.1) is 6.58 Å². The van der Waals surface area contributed by atoms with Gasteiger partial charge in [-0.25, -0.2) is 0 Å². The highest BCUT2D eigenvalue weighted by molar-refractivity contribution is 4.88. The van der Waals surface area contributed by atoms with Gasteiger partial charge in [-0.05, 0) is 19.3 Å². The van der Waals surface area contributed by atoms with Crippen molar-refractivity contribution in [3.05, 3.63) is 12.7 Å². The topological polar surface area (TPSA) is 26.0 Å². The van der Waals surface area contributed by atoms with Gasteiger partial charge in [0.1, 0.15) is 0 Å². The summed E-state index contributed by atoms with van der Waals surface area (Å²) in [5.41, 5.74) is 5.95. The molecule has 0 saturated carbocycles. The number of hydrogen-bond acceptors (Lipinski definition) is 1. The van der Waals surface area contributed by atoms with E-state index in [1.807, 2.05) is 6.08 Å². The Labute approximate surface area is 57.9 Å². The normalized spacial score (nSPS) is 11.4. The van der Waals surface area contributed by atoms with Gasteiger partial charge < -0.3 is 5.73 Å². The molecule has 0 aromatic carbocycles. The van der Waals surface area contributed by atoms with Crippen LogP contribution in [0.3, 0.4) is 0 Å². The third-order valence-electron chi connectivity index (χ3n) is 1.96. The molecule has 0 unspecified atom stereocenters. The Morgan fingerprint density at radius 1 is 1.44 bits per heavy atom. The van der Waals surface area contributed by atoms with E-state index in [1.165, 1.54) is 0 Å². The molecule has 0 saturated heterocycles. The van der Waals surface area contributed by atoms with Crippen LogP contribution in [0.15, 0.2) is 12.7 Å². The van der Waals surface area contributed by atoms with Crippen molar-refractivity contribution in [3.63, 3.8) is 0 Å². The SMILES string of the molecule is C=CCC(N)(CC)CC. The summed E-state index contributed by atoms with van der Waals surface area (Å²) in [5, 5.41) is 0. The van der Waals surface area contributed by atoms with Crippen molar-refractivity contribution in [2.24, 2.45) is 5.73 Å². The average Bonchev–Trinajstić information content (AvgIpc) is 1.89. The highest BCUT2D eigenvalue weighted by Crippen LogP contribution is 2.15. The zero-order valence-corrected chi connectivity index (χ0v) is 6.48. The number of nitrogens with two attached hydrogens (primary N) is 1. The van der Waals surface area contributed by atoms with E-state index in [1.54, 1.807) is 0 Å². The van der Waals surface area contributed by atoms with E-state index in [0.29, 0.717) is 0 Å². The summed E-state index contributed by atoms with van der Waals surface area (Å²) < 4.78 is 0. The molecule has 2 N–H and O–H groups in total. The van der Waals surface area contributed by atoms with Crippen LogP contribution in [0.1, 0.15) is 33.1 Å². The molecular weight excluding hydrogens is 110 g/mol. The molecule has 0 bridgehead atoms. The largest absolute Gasteiger partial charge is 0.325 e. The van der Waals surface area contributed by atoms with E-state index in [0.717, 1.165) is 19.3 Å². The molecule has 0 aliphatic carbocycles. The minimum atomic E-state index is 0.0156. The summed E-state index contributed by atoms with van der Waals surface area (Å²) in [5.74, 6) is 0. The second-order valence-corrected chi connectivity index (χ2v) is 2.56. The highest BCUT2D eigenvalue weighted by atomic mass is 14.7. The maximum Gasteiger partial charge on any atom is 0.0183 e. The second kappa shape index (κ2) is 3.67. The first kappa shape index (κ1) is 8.70. The maximum atomic E-state index is 5.94. The predicted molar refractivity (Wildman–Crippen MR) is 42.3 cm³/mol. The molecule has 0 rings (SSSR count). The van der Waals surface area contributed by atoms with Crippen LogP contribution in [-0.2, 0) is 0 Å². The average molecular weight is 127 g/mol. The lowest BCUT2D eigenvalue weighted by atomic mass is 9.91. The Bertz CT molecular complexity index is 82.6. The van der Waals surface area contributed by atoms with Gasteiger partial charge in [0.25, 0.3) is 0 Å². The first-order chi connectivity index (χ1) is 4.18. The Morgan fingerprint density at radius 3 is 2.00 bits per heavy atom. The molecule has 0 aliphatic heterocycles. The van der Waals surface area contributed by atoms with Crippen molar-refractivity contribution >= 4 is 0 Å². The highest BCUT2D eigenvalue weighted by Gasteiger charge is 2.16. The van der Waals surface area contributed by atoms with E-state index >= 15 is 0 Å². The van der Waals surface area contributed by atoms with E-state index in [-0.39, 0.29) is 5.54 Å². The molecule has 0 radical (unpaired) electrons. The molecule has 0 heterocycles. The lowest BCUT2D eigenvalue weighted by molar-refractivity contribution is 0.401. The molecule has 1 heteroatoms. The summed E-state index contributed by atoms with van der Waals surface area (Å²) in [7, 11) is 0. The van der Waals surface area contributed by atoms with Gasteiger partial charge in [-0.2, -0.15) is 0 Å². The molecule has 0 atom stereocenters. The molecule has 0 spiro atoms. The fourth-order valence-electron chi connectivity index (χ4n) is 0.826. The summed E-state index contributed by atoms with van der Waals surface area (Å²) in [6, 6.07) is 0. The Balaban J connectivity index is 3.75.